The third-order valence-electron chi connectivity index (χ3n) is 3.78. The zero-order valence-electron chi connectivity index (χ0n) is 9.03. The first-order valence-electron chi connectivity index (χ1n) is 5.92. The maximum Gasteiger partial charge on any atom is 0.0175 e. The number of rotatable bonds is 0. The molecule has 0 amide bonds. The minimum atomic E-state index is 0.628. The van der Waals surface area contributed by atoms with Crippen LogP contribution in [0.2, 0.25) is 0 Å². The Bertz CT molecular complexity index is 555. The van der Waals surface area contributed by atoms with E-state index in [1.54, 1.807) is 0 Å². The molecule has 0 saturated carbocycles. The second-order valence-electron chi connectivity index (χ2n) is 4.62. The lowest BCUT2D eigenvalue weighted by molar-refractivity contribution is 0.671. The summed E-state index contributed by atoms with van der Waals surface area (Å²) in [5.41, 5.74) is 7.12. The second-order valence-corrected chi connectivity index (χ2v) is 4.62. The van der Waals surface area contributed by atoms with Gasteiger partial charge in [-0.25, -0.2) is 0 Å². The molecule has 1 aromatic carbocycles. The lowest BCUT2D eigenvalue weighted by atomic mass is 9.79. The quantitative estimate of drug-likeness (QED) is 0.601. The Morgan fingerprint density at radius 3 is 2.94 bits per heavy atom. The Kier molecular flexibility index (Phi) is 1.59. The normalized spacial score (nSPS) is 25.2. The number of fused-ring (bicyclic) bond motifs is 3. The van der Waals surface area contributed by atoms with Crippen LogP contribution in [0.15, 0.2) is 48.1 Å². The van der Waals surface area contributed by atoms with Gasteiger partial charge >= 0.3 is 0 Å². The first-order chi connectivity index (χ1) is 7.95. The van der Waals surface area contributed by atoms with Crippen LogP contribution in [-0.2, 0) is 0 Å². The number of benzene rings is 1. The summed E-state index contributed by atoms with van der Waals surface area (Å²) in [6, 6.07) is 8.72. The van der Waals surface area contributed by atoms with Crippen LogP contribution in [0.5, 0.6) is 0 Å². The fourth-order valence-electron chi connectivity index (χ4n) is 3.09. The minimum Gasteiger partial charge on any atom is -0.0770 e. The summed E-state index contributed by atoms with van der Waals surface area (Å²) < 4.78 is 0. The zero-order chi connectivity index (χ0) is 10.5. The van der Waals surface area contributed by atoms with Crippen LogP contribution in [0.25, 0.3) is 11.1 Å². The molecule has 0 N–H and O–H groups in total. The van der Waals surface area contributed by atoms with E-state index in [9.17, 15) is 0 Å². The summed E-state index contributed by atoms with van der Waals surface area (Å²) in [4.78, 5) is 0. The Balaban J connectivity index is 2.05. The molecular formula is C16H12. The molecular weight excluding hydrogens is 192 g/mol. The van der Waals surface area contributed by atoms with Crippen molar-refractivity contribution in [2.45, 2.75) is 12.8 Å². The molecule has 2 radical (unpaired) electrons. The van der Waals surface area contributed by atoms with Crippen LogP contribution in [0.1, 0.15) is 24.0 Å². The van der Waals surface area contributed by atoms with E-state index in [1.165, 1.54) is 34.3 Å². The predicted octanol–water partition coefficient (Wildman–Crippen LogP) is 3.90. The molecule has 0 aromatic heterocycles. The van der Waals surface area contributed by atoms with E-state index in [0.29, 0.717) is 5.92 Å². The highest BCUT2D eigenvalue weighted by atomic mass is 14.4. The average molecular weight is 204 g/mol. The van der Waals surface area contributed by atoms with Crippen molar-refractivity contribution in [2.24, 2.45) is 5.92 Å². The van der Waals surface area contributed by atoms with Crippen molar-refractivity contribution < 1.29 is 0 Å². The molecule has 0 heteroatoms. The van der Waals surface area contributed by atoms with E-state index in [4.69, 9.17) is 0 Å². The monoisotopic (exact) mass is 204 g/mol. The largest absolute Gasteiger partial charge is 0.0770 e. The summed E-state index contributed by atoms with van der Waals surface area (Å²) in [6.45, 7) is 0. The Hall–Kier alpha value is -1.56. The van der Waals surface area contributed by atoms with E-state index >= 15 is 0 Å². The molecule has 0 aliphatic heterocycles. The fraction of sp³-hybridized carbons (Fsp3) is 0.188. The van der Waals surface area contributed by atoms with E-state index in [-0.39, 0.29) is 0 Å². The molecule has 0 fully saturated rings. The standard InChI is InChI=1S/C16H12/c1-2-8-13-12(7-1)14-9-3-5-11-6-4-10-15(13)16(11)14/h1-3,5,7-9,11H,4,6H2. The third-order valence-corrected chi connectivity index (χ3v) is 3.78. The van der Waals surface area contributed by atoms with Crippen molar-refractivity contribution >= 4 is 11.1 Å². The van der Waals surface area contributed by atoms with Crippen molar-refractivity contribution in [3.05, 3.63) is 65.6 Å². The van der Waals surface area contributed by atoms with Gasteiger partial charge in [0.1, 0.15) is 0 Å². The Morgan fingerprint density at radius 1 is 1.12 bits per heavy atom. The van der Waals surface area contributed by atoms with Crippen LogP contribution in [0, 0.1) is 12.3 Å². The number of allylic oxidation sites excluding steroid dienone is 6. The lowest BCUT2D eigenvalue weighted by Gasteiger charge is -2.24. The van der Waals surface area contributed by atoms with Gasteiger partial charge in [0.2, 0.25) is 0 Å². The van der Waals surface area contributed by atoms with Crippen molar-refractivity contribution in [3.8, 4) is 0 Å². The minimum absolute atomic E-state index is 0.628. The van der Waals surface area contributed by atoms with Crippen LogP contribution >= 0.6 is 0 Å². The van der Waals surface area contributed by atoms with Gasteiger partial charge in [-0.3, -0.25) is 0 Å². The van der Waals surface area contributed by atoms with E-state index in [0.717, 1.165) is 6.42 Å². The van der Waals surface area contributed by atoms with Crippen molar-refractivity contribution in [3.63, 3.8) is 0 Å². The lowest BCUT2D eigenvalue weighted by Crippen LogP contribution is -2.09. The summed E-state index contributed by atoms with van der Waals surface area (Å²) in [6.07, 6.45) is 12.7. The van der Waals surface area contributed by atoms with Crippen LogP contribution in [0.4, 0.5) is 0 Å². The van der Waals surface area contributed by atoms with Gasteiger partial charge in [0.05, 0.1) is 0 Å². The highest BCUT2D eigenvalue weighted by molar-refractivity contribution is 6.04. The van der Waals surface area contributed by atoms with Gasteiger partial charge in [0, 0.05) is 12.3 Å². The molecule has 0 bridgehead atoms. The predicted molar refractivity (Wildman–Crippen MR) is 66.4 cm³/mol. The van der Waals surface area contributed by atoms with Gasteiger partial charge in [-0.1, -0.05) is 42.5 Å². The second kappa shape index (κ2) is 2.98. The van der Waals surface area contributed by atoms with Crippen LogP contribution in [-0.4, -0.2) is 0 Å². The van der Waals surface area contributed by atoms with Gasteiger partial charge in [0.25, 0.3) is 0 Å². The highest BCUT2D eigenvalue weighted by Crippen LogP contribution is 2.51. The zero-order valence-corrected chi connectivity index (χ0v) is 9.03. The first-order valence-corrected chi connectivity index (χ1v) is 5.92. The van der Waals surface area contributed by atoms with Crippen molar-refractivity contribution in [2.75, 3.05) is 0 Å². The maximum atomic E-state index is 3.57. The molecule has 76 valence electrons. The first kappa shape index (κ1) is 8.58. The van der Waals surface area contributed by atoms with Crippen LogP contribution < -0.4 is 0 Å². The Morgan fingerprint density at radius 2 is 2.00 bits per heavy atom. The van der Waals surface area contributed by atoms with Crippen LogP contribution in [0.3, 0.4) is 0 Å². The molecule has 0 saturated heterocycles. The van der Waals surface area contributed by atoms with Crippen molar-refractivity contribution in [1.82, 2.24) is 0 Å². The number of hydrogen-bond acceptors (Lipinski definition) is 0. The van der Waals surface area contributed by atoms with E-state index in [1.807, 2.05) is 0 Å². The highest BCUT2D eigenvalue weighted by Gasteiger charge is 2.33. The molecule has 0 heterocycles. The molecule has 1 unspecified atom stereocenters. The molecule has 3 aliphatic rings. The maximum absolute atomic E-state index is 3.57. The Labute approximate surface area is 96.0 Å². The summed E-state index contributed by atoms with van der Waals surface area (Å²) in [5.74, 6) is 0.628. The molecule has 1 aromatic rings. The van der Waals surface area contributed by atoms with Gasteiger partial charge in [-0.2, -0.15) is 0 Å². The van der Waals surface area contributed by atoms with Gasteiger partial charge in [0.15, 0.2) is 0 Å². The van der Waals surface area contributed by atoms with E-state index < -0.39 is 0 Å². The summed E-state index contributed by atoms with van der Waals surface area (Å²) >= 11 is 0. The molecule has 16 heavy (non-hydrogen) atoms. The van der Waals surface area contributed by atoms with Gasteiger partial charge in [-0.05, 0) is 40.7 Å². The third kappa shape index (κ3) is 0.948. The molecule has 4 rings (SSSR count). The molecule has 0 spiro atoms. The van der Waals surface area contributed by atoms with Gasteiger partial charge < -0.3 is 0 Å². The molecule has 3 aliphatic carbocycles. The molecule has 0 nitrogen and oxygen atoms in total. The fourth-order valence-corrected chi connectivity index (χ4v) is 3.09. The average Bonchev–Trinajstić information content (AvgIpc) is 2.68. The van der Waals surface area contributed by atoms with E-state index in [2.05, 4.69) is 48.9 Å². The summed E-state index contributed by atoms with van der Waals surface area (Å²) in [7, 11) is 0. The van der Waals surface area contributed by atoms with Crippen molar-refractivity contribution in [1.29, 1.82) is 0 Å². The van der Waals surface area contributed by atoms with Gasteiger partial charge in [-0.15, -0.1) is 0 Å². The number of hydrogen-bond donors (Lipinski definition) is 0. The molecule has 1 atom stereocenters. The SMILES string of the molecule is [C]1CCC2C=CC=C3C2=C1c1ccccc13. The topological polar surface area (TPSA) is 0 Å². The summed E-state index contributed by atoms with van der Waals surface area (Å²) in [5, 5.41) is 0. The smallest absolute Gasteiger partial charge is 0.0175 e.